The summed E-state index contributed by atoms with van der Waals surface area (Å²) >= 11 is 0. The number of hydrogen-bond acceptors (Lipinski definition) is 4. The van der Waals surface area contributed by atoms with Crippen molar-refractivity contribution in [3.63, 3.8) is 0 Å². The second kappa shape index (κ2) is 5.69. The van der Waals surface area contributed by atoms with Gasteiger partial charge < -0.3 is 14.6 Å². The summed E-state index contributed by atoms with van der Waals surface area (Å²) in [7, 11) is 2.15. The van der Waals surface area contributed by atoms with Crippen LogP contribution >= 0.6 is 0 Å². The molecule has 4 rings (SSSR count). The van der Waals surface area contributed by atoms with Crippen LogP contribution in [0.2, 0.25) is 0 Å². The number of hydrogen-bond donors (Lipinski definition) is 1. The van der Waals surface area contributed by atoms with Crippen molar-refractivity contribution in [2.24, 2.45) is 0 Å². The van der Waals surface area contributed by atoms with E-state index in [-0.39, 0.29) is 0 Å². The molecular weight excluding hydrogens is 300 g/mol. The van der Waals surface area contributed by atoms with Crippen LogP contribution < -0.4 is 0 Å². The second-order valence-electron chi connectivity index (χ2n) is 6.90. The van der Waals surface area contributed by atoms with Gasteiger partial charge in [0.25, 0.3) is 0 Å². The van der Waals surface area contributed by atoms with Crippen molar-refractivity contribution in [1.29, 1.82) is 0 Å². The van der Waals surface area contributed by atoms with Crippen LogP contribution in [-0.2, 0) is 25.1 Å². The minimum absolute atomic E-state index is 0.524. The summed E-state index contributed by atoms with van der Waals surface area (Å²) in [6.45, 7) is 4.36. The van der Waals surface area contributed by atoms with Crippen LogP contribution in [0.4, 0.5) is 0 Å². The molecule has 0 aliphatic carbocycles. The summed E-state index contributed by atoms with van der Waals surface area (Å²) in [6.07, 6.45) is 8.23. The van der Waals surface area contributed by atoms with Crippen LogP contribution in [0.5, 0.6) is 0 Å². The zero-order valence-electron chi connectivity index (χ0n) is 14.1. The maximum absolute atomic E-state index is 11.1. The fraction of sp³-hybridized carbons (Fsp3) is 0.368. The van der Waals surface area contributed by atoms with Crippen molar-refractivity contribution in [1.82, 2.24) is 19.4 Å². The molecule has 0 bridgehead atoms. The highest BCUT2D eigenvalue weighted by Crippen LogP contribution is 2.33. The minimum atomic E-state index is -0.949. The molecule has 1 atom stereocenters. The first-order valence-electron chi connectivity index (χ1n) is 8.31. The first kappa shape index (κ1) is 15.3. The third-order valence-corrected chi connectivity index (χ3v) is 5.01. The Morgan fingerprint density at radius 1 is 1.17 bits per heavy atom. The number of aliphatic hydroxyl groups is 1. The fourth-order valence-electron chi connectivity index (χ4n) is 3.72. The molecule has 5 nitrogen and oxygen atoms in total. The second-order valence-corrected chi connectivity index (χ2v) is 6.90. The van der Waals surface area contributed by atoms with E-state index in [4.69, 9.17) is 0 Å². The molecule has 124 valence electrons. The average molecular weight is 322 g/mol. The SMILES string of the molecule is CN1CCc2c(c3cnccc3n2CC(C)(O)c2ccncc2)C1. The Morgan fingerprint density at radius 3 is 2.71 bits per heavy atom. The van der Waals surface area contributed by atoms with Crippen molar-refractivity contribution >= 4 is 10.9 Å². The van der Waals surface area contributed by atoms with E-state index in [0.29, 0.717) is 6.54 Å². The van der Waals surface area contributed by atoms with Crippen LogP contribution in [0.25, 0.3) is 10.9 Å². The van der Waals surface area contributed by atoms with Gasteiger partial charge in [0, 0.05) is 55.4 Å². The van der Waals surface area contributed by atoms with E-state index < -0.39 is 5.60 Å². The molecule has 0 aromatic carbocycles. The van der Waals surface area contributed by atoms with Gasteiger partial charge in [-0.2, -0.15) is 0 Å². The number of likely N-dealkylation sites (N-methyl/N-ethyl adjacent to an activating group) is 1. The van der Waals surface area contributed by atoms with Crippen LogP contribution in [-0.4, -0.2) is 38.1 Å². The molecule has 1 aliphatic heterocycles. The fourth-order valence-corrected chi connectivity index (χ4v) is 3.72. The summed E-state index contributed by atoms with van der Waals surface area (Å²) in [5, 5.41) is 12.3. The summed E-state index contributed by atoms with van der Waals surface area (Å²) in [5.74, 6) is 0. The Balaban J connectivity index is 1.83. The lowest BCUT2D eigenvalue weighted by atomic mass is 9.96. The number of fused-ring (bicyclic) bond motifs is 3. The van der Waals surface area contributed by atoms with Crippen LogP contribution in [0, 0.1) is 0 Å². The van der Waals surface area contributed by atoms with Crippen molar-refractivity contribution < 1.29 is 5.11 Å². The Kier molecular flexibility index (Phi) is 3.62. The molecule has 0 saturated carbocycles. The van der Waals surface area contributed by atoms with Crippen molar-refractivity contribution in [3.8, 4) is 0 Å². The number of nitrogens with zero attached hydrogens (tertiary/aromatic N) is 4. The van der Waals surface area contributed by atoms with Gasteiger partial charge in [-0.3, -0.25) is 9.97 Å². The van der Waals surface area contributed by atoms with Gasteiger partial charge in [0.15, 0.2) is 0 Å². The lowest BCUT2D eigenvalue weighted by Crippen LogP contribution is -2.31. The molecule has 0 radical (unpaired) electrons. The Labute approximate surface area is 141 Å². The molecule has 5 heteroatoms. The summed E-state index contributed by atoms with van der Waals surface area (Å²) in [6, 6.07) is 5.82. The van der Waals surface area contributed by atoms with Crippen LogP contribution in [0.15, 0.2) is 43.0 Å². The van der Waals surface area contributed by atoms with Gasteiger partial charge in [-0.05, 0) is 43.3 Å². The molecule has 1 unspecified atom stereocenters. The van der Waals surface area contributed by atoms with Crippen molar-refractivity contribution in [2.45, 2.75) is 32.0 Å². The lowest BCUT2D eigenvalue weighted by Gasteiger charge is -2.28. The number of aromatic nitrogens is 3. The standard InChI is InChI=1S/C19H22N4O/c1-19(24,14-3-7-20-8-4-14)13-23-17-5-9-21-11-15(17)16-12-22(2)10-6-18(16)23/h3-5,7-9,11,24H,6,10,12-13H2,1-2H3. The molecule has 0 saturated heterocycles. The number of rotatable bonds is 3. The Bertz CT molecular complexity index is 870. The van der Waals surface area contributed by atoms with Crippen LogP contribution in [0.3, 0.4) is 0 Å². The lowest BCUT2D eigenvalue weighted by molar-refractivity contribution is 0.0384. The summed E-state index contributed by atoms with van der Waals surface area (Å²) < 4.78 is 2.28. The van der Waals surface area contributed by atoms with E-state index in [1.807, 2.05) is 31.5 Å². The van der Waals surface area contributed by atoms with E-state index >= 15 is 0 Å². The zero-order valence-corrected chi connectivity index (χ0v) is 14.1. The first-order chi connectivity index (χ1) is 11.6. The maximum Gasteiger partial charge on any atom is 0.105 e. The van der Waals surface area contributed by atoms with Gasteiger partial charge in [-0.1, -0.05) is 0 Å². The van der Waals surface area contributed by atoms with E-state index in [2.05, 4.69) is 32.5 Å². The first-order valence-corrected chi connectivity index (χ1v) is 8.31. The molecule has 0 amide bonds. The third-order valence-electron chi connectivity index (χ3n) is 5.01. The average Bonchev–Trinajstić information content (AvgIpc) is 2.89. The van der Waals surface area contributed by atoms with Gasteiger partial charge >= 0.3 is 0 Å². The van der Waals surface area contributed by atoms with Gasteiger partial charge in [0.05, 0.1) is 12.1 Å². The monoisotopic (exact) mass is 322 g/mol. The molecule has 1 aliphatic rings. The smallest absolute Gasteiger partial charge is 0.105 e. The summed E-state index contributed by atoms with van der Waals surface area (Å²) in [4.78, 5) is 10.7. The molecule has 24 heavy (non-hydrogen) atoms. The van der Waals surface area contributed by atoms with Gasteiger partial charge in [-0.15, -0.1) is 0 Å². The topological polar surface area (TPSA) is 54.2 Å². The Hall–Kier alpha value is -2.24. The van der Waals surface area contributed by atoms with E-state index in [1.165, 1.54) is 16.6 Å². The highest BCUT2D eigenvalue weighted by Gasteiger charge is 2.29. The largest absolute Gasteiger partial charge is 0.384 e. The zero-order chi connectivity index (χ0) is 16.7. The van der Waals surface area contributed by atoms with Crippen molar-refractivity contribution in [2.75, 3.05) is 13.6 Å². The normalized spacial score (nSPS) is 17.6. The molecular formula is C19H22N4O. The third kappa shape index (κ3) is 2.50. The van der Waals surface area contributed by atoms with Gasteiger partial charge in [-0.25, -0.2) is 0 Å². The summed E-state index contributed by atoms with van der Waals surface area (Å²) in [5.41, 5.74) is 3.76. The Morgan fingerprint density at radius 2 is 1.92 bits per heavy atom. The van der Waals surface area contributed by atoms with E-state index in [1.54, 1.807) is 12.4 Å². The predicted molar refractivity (Wildman–Crippen MR) is 93.6 cm³/mol. The highest BCUT2D eigenvalue weighted by atomic mass is 16.3. The van der Waals surface area contributed by atoms with Crippen LogP contribution in [0.1, 0.15) is 23.7 Å². The highest BCUT2D eigenvalue weighted by molar-refractivity contribution is 5.85. The predicted octanol–water partition coefficient (Wildman–Crippen LogP) is 2.33. The van der Waals surface area contributed by atoms with E-state index in [0.717, 1.165) is 30.6 Å². The van der Waals surface area contributed by atoms with Gasteiger partial charge in [0.1, 0.15) is 5.60 Å². The molecule has 4 heterocycles. The molecule has 1 N–H and O–H groups in total. The quantitative estimate of drug-likeness (QED) is 0.804. The molecule has 3 aromatic heterocycles. The minimum Gasteiger partial charge on any atom is -0.384 e. The van der Waals surface area contributed by atoms with E-state index in [9.17, 15) is 5.11 Å². The number of pyridine rings is 2. The van der Waals surface area contributed by atoms with Gasteiger partial charge in [0.2, 0.25) is 0 Å². The maximum atomic E-state index is 11.1. The molecule has 0 fully saturated rings. The molecule has 0 spiro atoms. The van der Waals surface area contributed by atoms with Crippen molar-refractivity contribution in [3.05, 3.63) is 59.8 Å². The molecule has 3 aromatic rings.